The van der Waals surface area contributed by atoms with E-state index < -0.39 is 6.03 Å². The second kappa shape index (κ2) is 5.82. The highest BCUT2D eigenvalue weighted by molar-refractivity contribution is 7.80. The molecular formula is C13H14N2O2S. The fourth-order valence-electron chi connectivity index (χ4n) is 1.67. The first-order chi connectivity index (χ1) is 8.70. The number of ether oxygens (including phenoxy) is 1. The number of nitrogens with zero attached hydrogens (tertiary/aromatic N) is 2. The van der Waals surface area contributed by atoms with Gasteiger partial charge in [0.25, 0.3) is 0 Å². The van der Waals surface area contributed by atoms with Crippen molar-refractivity contribution in [1.82, 2.24) is 0 Å². The quantitative estimate of drug-likeness (QED) is 0.602. The smallest absolute Gasteiger partial charge is 0.368 e. The van der Waals surface area contributed by atoms with Crippen LogP contribution in [0.5, 0.6) is 0 Å². The van der Waals surface area contributed by atoms with Crippen LogP contribution in [0.1, 0.15) is 31.7 Å². The molecule has 0 aliphatic carbocycles. The second-order valence-corrected chi connectivity index (χ2v) is 4.42. The van der Waals surface area contributed by atoms with Gasteiger partial charge in [-0.05, 0) is 36.8 Å². The minimum atomic E-state index is -0.461. The van der Waals surface area contributed by atoms with Crippen LogP contribution < -0.4 is 10.7 Å². The summed E-state index contributed by atoms with van der Waals surface area (Å²) < 4.78 is 5.49. The molecule has 0 unspecified atom stereocenters. The van der Waals surface area contributed by atoms with Gasteiger partial charge < -0.3 is 4.74 Å². The SMILES string of the molecule is CCCCCOC(=S)c1ccc2c(c1)=NC(=O)N=2. The molecule has 0 spiro atoms. The third kappa shape index (κ3) is 2.98. The van der Waals surface area contributed by atoms with Crippen LogP contribution in [0.3, 0.4) is 0 Å². The first-order valence-electron chi connectivity index (χ1n) is 5.99. The van der Waals surface area contributed by atoms with Crippen molar-refractivity contribution in [2.24, 2.45) is 9.98 Å². The van der Waals surface area contributed by atoms with Crippen LogP contribution in [0.4, 0.5) is 4.79 Å². The highest BCUT2D eigenvalue weighted by Crippen LogP contribution is 2.02. The Morgan fingerprint density at radius 2 is 2.06 bits per heavy atom. The van der Waals surface area contributed by atoms with Crippen LogP contribution in [-0.2, 0) is 4.74 Å². The van der Waals surface area contributed by atoms with Gasteiger partial charge >= 0.3 is 6.03 Å². The zero-order chi connectivity index (χ0) is 13.0. The molecule has 0 aromatic heterocycles. The van der Waals surface area contributed by atoms with E-state index in [1.54, 1.807) is 18.2 Å². The number of urea groups is 1. The molecule has 18 heavy (non-hydrogen) atoms. The molecule has 94 valence electrons. The first kappa shape index (κ1) is 12.8. The Morgan fingerprint density at radius 3 is 2.83 bits per heavy atom. The summed E-state index contributed by atoms with van der Waals surface area (Å²) in [5.41, 5.74) is 0.772. The van der Waals surface area contributed by atoms with Crippen LogP contribution in [0.15, 0.2) is 28.2 Å². The number of carbonyl (C=O) groups is 1. The van der Waals surface area contributed by atoms with Crippen molar-refractivity contribution >= 4 is 23.3 Å². The van der Waals surface area contributed by atoms with Crippen molar-refractivity contribution in [3.8, 4) is 0 Å². The van der Waals surface area contributed by atoms with Crippen molar-refractivity contribution in [2.75, 3.05) is 6.61 Å². The van der Waals surface area contributed by atoms with Gasteiger partial charge in [0, 0.05) is 5.56 Å². The molecule has 0 atom stereocenters. The van der Waals surface area contributed by atoms with Crippen LogP contribution >= 0.6 is 12.2 Å². The van der Waals surface area contributed by atoms with Gasteiger partial charge in [-0.15, -0.1) is 0 Å². The summed E-state index contributed by atoms with van der Waals surface area (Å²) in [6, 6.07) is 4.82. The molecule has 0 radical (unpaired) electrons. The summed E-state index contributed by atoms with van der Waals surface area (Å²) in [7, 11) is 0. The molecule has 1 heterocycles. The number of rotatable bonds is 5. The number of amides is 2. The standard InChI is InChI=1S/C13H14N2O2S/c1-2-3-4-7-17-12(18)9-5-6-10-11(8-9)15-13(16)14-10/h5-6,8H,2-4,7H2,1H3. The van der Waals surface area contributed by atoms with E-state index in [4.69, 9.17) is 17.0 Å². The summed E-state index contributed by atoms with van der Waals surface area (Å²) in [4.78, 5) is 18.6. The fourth-order valence-corrected chi connectivity index (χ4v) is 1.88. The molecule has 1 aromatic carbocycles. The number of unbranched alkanes of at least 4 members (excludes halogenated alkanes) is 2. The Labute approximate surface area is 110 Å². The van der Waals surface area contributed by atoms with Crippen molar-refractivity contribution in [1.29, 1.82) is 0 Å². The largest absolute Gasteiger partial charge is 0.483 e. The van der Waals surface area contributed by atoms with Crippen molar-refractivity contribution in [3.63, 3.8) is 0 Å². The van der Waals surface area contributed by atoms with Crippen LogP contribution in [0.25, 0.3) is 0 Å². The number of fused-ring (bicyclic) bond motifs is 1. The lowest BCUT2D eigenvalue weighted by Crippen LogP contribution is -2.23. The Kier molecular flexibility index (Phi) is 4.15. The molecule has 2 rings (SSSR count). The van der Waals surface area contributed by atoms with Gasteiger partial charge in [0.15, 0.2) is 5.05 Å². The molecule has 2 amide bonds. The van der Waals surface area contributed by atoms with Gasteiger partial charge in [-0.1, -0.05) is 19.8 Å². The Balaban J connectivity index is 2.05. The maximum absolute atomic E-state index is 11.0. The molecular weight excluding hydrogens is 248 g/mol. The number of hydrogen-bond acceptors (Lipinski definition) is 3. The Hall–Kier alpha value is -1.62. The summed E-state index contributed by atoms with van der Waals surface area (Å²) >= 11 is 5.19. The van der Waals surface area contributed by atoms with E-state index in [2.05, 4.69) is 16.9 Å². The van der Waals surface area contributed by atoms with E-state index in [0.29, 0.717) is 22.4 Å². The van der Waals surface area contributed by atoms with Crippen molar-refractivity contribution in [2.45, 2.75) is 26.2 Å². The maximum atomic E-state index is 11.0. The third-order valence-corrected chi connectivity index (χ3v) is 2.98. The fraction of sp³-hybridized carbons (Fsp3) is 0.385. The van der Waals surface area contributed by atoms with Crippen LogP contribution in [-0.4, -0.2) is 17.7 Å². The minimum absolute atomic E-state index is 0.448. The van der Waals surface area contributed by atoms with Crippen LogP contribution in [0.2, 0.25) is 0 Å². The Morgan fingerprint density at radius 1 is 1.28 bits per heavy atom. The van der Waals surface area contributed by atoms with E-state index >= 15 is 0 Å². The van der Waals surface area contributed by atoms with Gasteiger partial charge in [-0.3, -0.25) is 0 Å². The number of thiocarbonyl (C=S) groups is 1. The molecule has 0 saturated carbocycles. The summed E-state index contributed by atoms with van der Waals surface area (Å²) in [5.74, 6) is 0. The molecule has 0 bridgehead atoms. The minimum Gasteiger partial charge on any atom is -0.483 e. The van der Waals surface area contributed by atoms with E-state index in [-0.39, 0.29) is 0 Å². The average molecular weight is 262 g/mol. The predicted molar refractivity (Wildman–Crippen MR) is 71.3 cm³/mol. The molecule has 0 saturated heterocycles. The number of carbonyl (C=O) groups excluding carboxylic acids is 1. The summed E-state index contributed by atoms with van der Waals surface area (Å²) in [6.45, 7) is 2.77. The highest BCUT2D eigenvalue weighted by atomic mass is 32.1. The molecule has 1 aliphatic heterocycles. The molecule has 1 aliphatic rings. The van der Waals surface area contributed by atoms with E-state index in [1.165, 1.54) is 0 Å². The normalized spacial score (nSPS) is 12.6. The lowest BCUT2D eigenvalue weighted by molar-refractivity contribution is 0.256. The zero-order valence-corrected chi connectivity index (χ0v) is 11.0. The predicted octanol–water partition coefficient (Wildman–Crippen LogP) is 1.94. The second-order valence-electron chi connectivity index (χ2n) is 4.05. The lowest BCUT2D eigenvalue weighted by atomic mass is 10.2. The first-order valence-corrected chi connectivity index (χ1v) is 6.40. The zero-order valence-electron chi connectivity index (χ0n) is 10.2. The topological polar surface area (TPSA) is 51.0 Å². The summed E-state index contributed by atoms with van der Waals surface area (Å²) in [6.07, 6.45) is 3.28. The highest BCUT2D eigenvalue weighted by Gasteiger charge is 2.08. The van der Waals surface area contributed by atoms with Gasteiger partial charge in [0.2, 0.25) is 0 Å². The average Bonchev–Trinajstić information content (AvgIpc) is 2.73. The Bertz CT molecular complexity index is 595. The van der Waals surface area contributed by atoms with Gasteiger partial charge in [0.1, 0.15) is 0 Å². The third-order valence-electron chi connectivity index (χ3n) is 2.62. The van der Waals surface area contributed by atoms with E-state index in [1.807, 2.05) is 0 Å². The molecule has 4 nitrogen and oxygen atoms in total. The maximum Gasteiger partial charge on any atom is 0.368 e. The summed E-state index contributed by atoms with van der Waals surface area (Å²) in [5, 5.41) is 1.61. The van der Waals surface area contributed by atoms with Crippen LogP contribution in [0, 0.1) is 0 Å². The number of hydrogen-bond donors (Lipinski definition) is 0. The molecule has 5 heteroatoms. The van der Waals surface area contributed by atoms with Gasteiger partial charge in [-0.25, -0.2) is 4.79 Å². The van der Waals surface area contributed by atoms with E-state index in [9.17, 15) is 4.79 Å². The van der Waals surface area contributed by atoms with E-state index in [0.717, 1.165) is 24.8 Å². The monoisotopic (exact) mass is 262 g/mol. The van der Waals surface area contributed by atoms with Crippen molar-refractivity contribution in [3.05, 3.63) is 34.5 Å². The van der Waals surface area contributed by atoms with Crippen molar-refractivity contribution < 1.29 is 9.53 Å². The molecule has 0 N–H and O–H groups in total. The van der Waals surface area contributed by atoms with Gasteiger partial charge in [0.05, 0.1) is 17.3 Å². The van der Waals surface area contributed by atoms with Gasteiger partial charge in [-0.2, -0.15) is 9.98 Å². The lowest BCUT2D eigenvalue weighted by Gasteiger charge is -2.06. The molecule has 1 aromatic rings. The molecule has 0 fully saturated rings. The number of benzene rings is 1.